The van der Waals surface area contributed by atoms with Crippen molar-refractivity contribution in [3.63, 3.8) is 0 Å². The van der Waals surface area contributed by atoms with E-state index in [1.165, 1.54) is 5.56 Å². The molecule has 2 rings (SSSR count). The fraction of sp³-hybridized carbons (Fsp3) is 0.350. The Labute approximate surface area is 150 Å². The van der Waals surface area contributed by atoms with Crippen LogP contribution in [0.2, 0.25) is 0 Å². The molecule has 0 aliphatic heterocycles. The number of unbranched alkanes of at least 4 members (excludes halogenated alkanes) is 2. The van der Waals surface area contributed by atoms with Gasteiger partial charge in [-0.25, -0.2) is 0 Å². The zero-order valence-electron chi connectivity index (χ0n) is 14.6. The molecule has 0 fully saturated rings. The summed E-state index contributed by atoms with van der Waals surface area (Å²) in [6.07, 6.45) is 12.5. The van der Waals surface area contributed by atoms with Crippen LogP contribution in [0.5, 0.6) is 0 Å². The fourth-order valence-electron chi connectivity index (χ4n) is 2.34. The molecule has 0 saturated carbocycles. The van der Waals surface area contributed by atoms with Gasteiger partial charge in [0.2, 0.25) is 0 Å². The lowest BCUT2D eigenvalue weighted by molar-refractivity contribution is 0.309. The van der Waals surface area contributed by atoms with Crippen LogP contribution in [0, 0.1) is 6.92 Å². The van der Waals surface area contributed by atoms with Gasteiger partial charge in [0.1, 0.15) is 0 Å². The molecule has 0 aliphatic carbocycles. The van der Waals surface area contributed by atoms with Gasteiger partial charge < -0.3 is 0 Å². The largest absolute Gasteiger partial charge is 0.296 e. The number of hydrogen-bond acceptors (Lipinski definition) is 4. The van der Waals surface area contributed by atoms with Crippen LogP contribution in [-0.2, 0) is 20.7 Å². The highest BCUT2D eigenvalue weighted by Crippen LogP contribution is 2.14. The lowest BCUT2D eigenvalue weighted by atomic mass is 10.1. The molecule has 2 aromatic rings. The summed E-state index contributed by atoms with van der Waals surface area (Å²) < 4.78 is 29.1. The SMILES string of the molecule is Cc1ccc(S(=O)(=O)OCCCC/C=C\CCc2cccnc2)cc1. The van der Waals surface area contributed by atoms with Crippen molar-refractivity contribution >= 4 is 10.1 Å². The molecule has 0 radical (unpaired) electrons. The van der Waals surface area contributed by atoms with Gasteiger partial charge >= 0.3 is 0 Å². The normalized spacial score (nSPS) is 11.9. The van der Waals surface area contributed by atoms with Crippen molar-refractivity contribution in [2.24, 2.45) is 0 Å². The summed E-state index contributed by atoms with van der Waals surface area (Å²) in [7, 11) is -3.63. The molecule has 1 aromatic heterocycles. The van der Waals surface area contributed by atoms with E-state index >= 15 is 0 Å². The number of rotatable bonds is 10. The number of aromatic nitrogens is 1. The summed E-state index contributed by atoms with van der Waals surface area (Å²) in [4.78, 5) is 4.31. The average Bonchev–Trinajstić information content (AvgIpc) is 2.61. The monoisotopic (exact) mass is 359 g/mol. The van der Waals surface area contributed by atoms with Gasteiger partial charge in [0, 0.05) is 12.4 Å². The first-order chi connectivity index (χ1) is 12.1. The van der Waals surface area contributed by atoms with E-state index in [2.05, 4.69) is 23.2 Å². The first-order valence-corrected chi connectivity index (χ1v) is 9.99. The maximum Gasteiger partial charge on any atom is 0.296 e. The second kappa shape index (κ2) is 10.1. The van der Waals surface area contributed by atoms with E-state index in [0.717, 1.165) is 37.7 Å². The molecule has 0 N–H and O–H groups in total. The summed E-state index contributed by atoms with van der Waals surface area (Å²) in [6.45, 7) is 2.14. The number of pyridine rings is 1. The van der Waals surface area contributed by atoms with E-state index in [0.29, 0.717) is 0 Å². The van der Waals surface area contributed by atoms with Crippen molar-refractivity contribution in [1.29, 1.82) is 0 Å². The molecule has 25 heavy (non-hydrogen) atoms. The van der Waals surface area contributed by atoms with Crippen molar-refractivity contribution in [3.8, 4) is 0 Å². The highest BCUT2D eigenvalue weighted by atomic mass is 32.2. The van der Waals surface area contributed by atoms with E-state index in [9.17, 15) is 8.42 Å². The van der Waals surface area contributed by atoms with Crippen LogP contribution in [0.4, 0.5) is 0 Å². The van der Waals surface area contributed by atoms with Gasteiger partial charge in [-0.05, 0) is 62.8 Å². The molecule has 0 aliphatic rings. The summed E-state index contributed by atoms with van der Waals surface area (Å²) in [5.74, 6) is 0. The molecular formula is C20H25NO3S. The molecule has 0 atom stereocenters. The molecule has 4 nitrogen and oxygen atoms in total. The fourth-order valence-corrected chi connectivity index (χ4v) is 3.28. The van der Waals surface area contributed by atoms with Crippen molar-refractivity contribution in [2.75, 3.05) is 6.61 Å². The van der Waals surface area contributed by atoms with Crippen molar-refractivity contribution in [1.82, 2.24) is 4.98 Å². The predicted molar refractivity (Wildman–Crippen MR) is 99.9 cm³/mol. The highest BCUT2D eigenvalue weighted by Gasteiger charge is 2.13. The molecule has 0 unspecified atom stereocenters. The standard InChI is InChI=1S/C20H25NO3S/c1-18-11-13-20(14-12-18)25(22,23)24-16-7-5-3-2-4-6-9-19-10-8-15-21-17-19/h2,4,8,10-15,17H,3,5-7,9,16H2,1H3/b4-2-. The van der Waals surface area contributed by atoms with E-state index in [1.54, 1.807) is 30.5 Å². The molecule has 1 heterocycles. The average molecular weight is 359 g/mol. The Morgan fingerprint density at radius 2 is 1.80 bits per heavy atom. The van der Waals surface area contributed by atoms with Crippen LogP contribution in [0.15, 0.2) is 65.8 Å². The Morgan fingerprint density at radius 1 is 1.04 bits per heavy atom. The van der Waals surface area contributed by atoms with Gasteiger partial charge in [0.15, 0.2) is 0 Å². The van der Waals surface area contributed by atoms with Crippen LogP contribution in [-0.4, -0.2) is 20.0 Å². The molecule has 0 spiro atoms. The van der Waals surface area contributed by atoms with Crippen LogP contribution in [0.25, 0.3) is 0 Å². The minimum absolute atomic E-state index is 0.216. The molecule has 134 valence electrons. The van der Waals surface area contributed by atoms with Gasteiger partial charge in [0.25, 0.3) is 10.1 Å². The molecule has 1 aromatic carbocycles. The smallest absolute Gasteiger partial charge is 0.266 e. The Morgan fingerprint density at radius 3 is 2.52 bits per heavy atom. The number of nitrogens with zero attached hydrogens (tertiary/aromatic N) is 1. The Balaban J connectivity index is 1.58. The van der Waals surface area contributed by atoms with Gasteiger partial charge in [-0.15, -0.1) is 0 Å². The van der Waals surface area contributed by atoms with Crippen LogP contribution < -0.4 is 0 Å². The topological polar surface area (TPSA) is 56.3 Å². The molecule has 0 bridgehead atoms. The number of hydrogen-bond donors (Lipinski definition) is 0. The van der Waals surface area contributed by atoms with Crippen LogP contribution >= 0.6 is 0 Å². The molecule has 0 amide bonds. The highest BCUT2D eigenvalue weighted by molar-refractivity contribution is 7.86. The van der Waals surface area contributed by atoms with Gasteiger partial charge in [-0.1, -0.05) is 35.9 Å². The lowest BCUT2D eigenvalue weighted by Crippen LogP contribution is -2.07. The van der Waals surface area contributed by atoms with Gasteiger partial charge in [-0.3, -0.25) is 9.17 Å². The lowest BCUT2D eigenvalue weighted by Gasteiger charge is -2.05. The maximum absolute atomic E-state index is 12.0. The zero-order valence-corrected chi connectivity index (χ0v) is 15.4. The number of allylic oxidation sites excluding steroid dienone is 2. The van der Waals surface area contributed by atoms with Crippen molar-refractivity contribution < 1.29 is 12.6 Å². The zero-order chi connectivity index (χ0) is 18.0. The Hall–Kier alpha value is -1.98. The third kappa shape index (κ3) is 7.20. The van der Waals surface area contributed by atoms with Crippen LogP contribution in [0.3, 0.4) is 0 Å². The third-order valence-electron chi connectivity index (χ3n) is 3.80. The van der Waals surface area contributed by atoms with E-state index in [-0.39, 0.29) is 11.5 Å². The van der Waals surface area contributed by atoms with Crippen molar-refractivity contribution in [3.05, 3.63) is 72.1 Å². The van der Waals surface area contributed by atoms with E-state index in [4.69, 9.17) is 4.18 Å². The minimum Gasteiger partial charge on any atom is -0.266 e. The summed E-state index contributed by atoms with van der Waals surface area (Å²) in [5, 5.41) is 0. The second-order valence-corrected chi connectivity index (χ2v) is 7.57. The number of aryl methyl sites for hydroxylation is 2. The van der Waals surface area contributed by atoms with E-state index < -0.39 is 10.1 Å². The first-order valence-electron chi connectivity index (χ1n) is 8.58. The molecular weight excluding hydrogens is 334 g/mol. The van der Waals surface area contributed by atoms with Crippen molar-refractivity contribution in [2.45, 2.75) is 43.9 Å². The quantitative estimate of drug-likeness (QED) is 0.357. The van der Waals surface area contributed by atoms with Gasteiger partial charge in [-0.2, -0.15) is 8.42 Å². The maximum atomic E-state index is 12.0. The molecule has 0 saturated heterocycles. The van der Waals surface area contributed by atoms with E-state index in [1.807, 2.05) is 19.2 Å². The summed E-state index contributed by atoms with van der Waals surface area (Å²) >= 11 is 0. The Kier molecular flexibility index (Phi) is 7.82. The molecule has 5 heteroatoms. The summed E-state index contributed by atoms with van der Waals surface area (Å²) in [6, 6.07) is 10.7. The van der Waals surface area contributed by atoms with Gasteiger partial charge in [0.05, 0.1) is 11.5 Å². The van der Waals surface area contributed by atoms with Crippen LogP contribution in [0.1, 0.15) is 36.8 Å². The Bertz CT molecular complexity index is 753. The predicted octanol–water partition coefficient (Wildman–Crippen LogP) is 4.45. The third-order valence-corrected chi connectivity index (χ3v) is 5.13. The second-order valence-electron chi connectivity index (χ2n) is 5.96. The number of benzene rings is 1. The first kappa shape index (κ1) is 19.3. The minimum atomic E-state index is -3.63. The summed E-state index contributed by atoms with van der Waals surface area (Å²) in [5.41, 5.74) is 2.26.